The summed E-state index contributed by atoms with van der Waals surface area (Å²) >= 11 is 0. The van der Waals surface area contributed by atoms with Crippen LogP contribution in [0.5, 0.6) is 5.88 Å². The Morgan fingerprint density at radius 2 is 1.94 bits per heavy atom. The lowest BCUT2D eigenvalue weighted by Gasteiger charge is -2.08. The Hall–Kier alpha value is -2.63. The maximum Gasteiger partial charge on any atom is 0.244 e. The third-order valence-electron chi connectivity index (χ3n) is 2.23. The molecular formula is C12H12N4O2. The van der Waals surface area contributed by atoms with Crippen molar-refractivity contribution in [3.63, 3.8) is 0 Å². The average molecular weight is 244 g/mol. The molecule has 1 aromatic heterocycles. The number of rotatable bonds is 4. The Morgan fingerprint density at radius 1 is 1.22 bits per heavy atom. The Kier molecular flexibility index (Phi) is 3.70. The number of ether oxygens (including phenoxy) is 1. The summed E-state index contributed by atoms with van der Waals surface area (Å²) in [5.41, 5.74) is 6.69. The fourth-order valence-electron chi connectivity index (χ4n) is 1.38. The van der Waals surface area contributed by atoms with Gasteiger partial charge in [-0.1, -0.05) is 35.5 Å². The highest BCUT2D eigenvalue weighted by molar-refractivity contribution is 5.97. The van der Waals surface area contributed by atoms with Crippen molar-refractivity contribution in [1.29, 1.82) is 0 Å². The molecule has 2 rings (SSSR count). The summed E-state index contributed by atoms with van der Waals surface area (Å²) < 4.78 is 5.50. The molecule has 0 spiro atoms. The van der Waals surface area contributed by atoms with Crippen molar-refractivity contribution in [2.45, 2.75) is 6.61 Å². The average Bonchev–Trinajstić information content (AvgIpc) is 2.45. The fraction of sp³-hybridized carbons (Fsp3) is 0.0833. The van der Waals surface area contributed by atoms with Crippen molar-refractivity contribution in [3.8, 4) is 5.88 Å². The Morgan fingerprint density at radius 3 is 2.67 bits per heavy atom. The van der Waals surface area contributed by atoms with Gasteiger partial charge < -0.3 is 15.7 Å². The molecule has 6 nitrogen and oxygen atoms in total. The Balaban J connectivity index is 2.15. The van der Waals surface area contributed by atoms with Crippen LogP contribution in [-0.4, -0.2) is 21.0 Å². The Bertz CT molecular complexity index is 543. The smallest absolute Gasteiger partial charge is 0.244 e. The maximum atomic E-state index is 8.64. The molecule has 0 atom stereocenters. The van der Waals surface area contributed by atoms with Crippen molar-refractivity contribution >= 4 is 5.84 Å². The molecule has 18 heavy (non-hydrogen) atoms. The molecule has 0 aliphatic carbocycles. The number of oxime groups is 1. The van der Waals surface area contributed by atoms with Gasteiger partial charge in [-0.05, 0) is 5.56 Å². The first-order valence-electron chi connectivity index (χ1n) is 5.27. The van der Waals surface area contributed by atoms with E-state index >= 15 is 0 Å². The molecule has 0 amide bonds. The van der Waals surface area contributed by atoms with Crippen LogP contribution >= 0.6 is 0 Å². The van der Waals surface area contributed by atoms with Crippen molar-refractivity contribution in [2.75, 3.05) is 0 Å². The molecule has 0 bridgehead atoms. The molecule has 1 aromatic carbocycles. The van der Waals surface area contributed by atoms with Gasteiger partial charge in [0.25, 0.3) is 0 Å². The second kappa shape index (κ2) is 5.62. The molecule has 0 saturated heterocycles. The summed E-state index contributed by atoms with van der Waals surface area (Å²) in [5, 5.41) is 11.5. The van der Waals surface area contributed by atoms with Gasteiger partial charge in [0.05, 0.1) is 0 Å². The third-order valence-corrected chi connectivity index (χ3v) is 2.23. The lowest BCUT2D eigenvalue weighted by atomic mass is 10.2. The quantitative estimate of drug-likeness (QED) is 0.364. The number of nitrogens with two attached hydrogens (primary N) is 1. The SMILES string of the molecule is NC(=NO)c1nccnc1OCc1ccccc1. The van der Waals surface area contributed by atoms with Crippen LogP contribution in [0.15, 0.2) is 47.9 Å². The van der Waals surface area contributed by atoms with Gasteiger partial charge in [-0.25, -0.2) is 9.97 Å². The van der Waals surface area contributed by atoms with Gasteiger partial charge in [-0.2, -0.15) is 0 Å². The van der Waals surface area contributed by atoms with E-state index in [2.05, 4.69) is 15.1 Å². The minimum atomic E-state index is -0.133. The van der Waals surface area contributed by atoms with Crippen LogP contribution in [0.1, 0.15) is 11.3 Å². The van der Waals surface area contributed by atoms with Crippen LogP contribution in [-0.2, 0) is 6.61 Å². The van der Waals surface area contributed by atoms with Crippen LogP contribution in [0, 0.1) is 0 Å². The topological polar surface area (TPSA) is 93.6 Å². The molecule has 2 aromatic rings. The minimum Gasteiger partial charge on any atom is -0.471 e. The van der Waals surface area contributed by atoms with Gasteiger partial charge in [0.1, 0.15) is 6.61 Å². The van der Waals surface area contributed by atoms with E-state index in [1.165, 1.54) is 12.4 Å². The first-order chi connectivity index (χ1) is 8.81. The highest BCUT2D eigenvalue weighted by Gasteiger charge is 2.11. The monoisotopic (exact) mass is 244 g/mol. The number of hydrogen-bond donors (Lipinski definition) is 2. The van der Waals surface area contributed by atoms with Crippen LogP contribution in [0.2, 0.25) is 0 Å². The second-order valence-electron chi connectivity index (χ2n) is 3.47. The van der Waals surface area contributed by atoms with Gasteiger partial charge in [-0.15, -0.1) is 0 Å². The van der Waals surface area contributed by atoms with E-state index in [4.69, 9.17) is 15.7 Å². The van der Waals surface area contributed by atoms with Gasteiger partial charge in [0.2, 0.25) is 5.88 Å². The lowest BCUT2D eigenvalue weighted by molar-refractivity contribution is 0.290. The molecule has 0 aliphatic heterocycles. The minimum absolute atomic E-state index is 0.133. The predicted octanol–water partition coefficient (Wildman–Crippen LogP) is 1.15. The number of nitrogens with zero attached hydrogens (tertiary/aromatic N) is 3. The summed E-state index contributed by atoms with van der Waals surface area (Å²) in [7, 11) is 0. The highest BCUT2D eigenvalue weighted by atomic mass is 16.5. The molecule has 3 N–H and O–H groups in total. The summed E-state index contributed by atoms with van der Waals surface area (Å²) in [4.78, 5) is 7.96. The predicted molar refractivity (Wildman–Crippen MR) is 65.3 cm³/mol. The molecule has 6 heteroatoms. The van der Waals surface area contributed by atoms with E-state index in [1.807, 2.05) is 30.3 Å². The van der Waals surface area contributed by atoms with Crippen LogP contribution in [0.4, 0.5) is 0 Å². The molecule has 0 fully saturated rings. The summed E-state index contributed by atoms with van der Waals surface area (Å²) in [6, 6.07) is 9.62. The zero-order valence-electron chi connectivity index (χ0n) is 9.52. The largest absolute Gasteiger partial charge is 0.471 e. The molecule has 0 unspecified atom stereocenters. The van der Waals surface area contributed by atoms with Gasteiger partial charge in [0, 0.05) is 12.4 Å². The van der Waals surface area contributed by atoms with Gasteiger partial charge in [0.15, 0.2) is 11.5 Å². The van der Waals surface area contributed by atoms with E-state index in [0.717, 1.165) is 5.56 Å². The zero-order chi connectivity index (χ0) is 12.8. The molecule has 0 aliphatic rings. The standard InChI is InChI=1S/C12H12N4O2/c13-11(16-17)10-12(15-7-6-14-10)18-8-9-4-2-1-3-5-9/h1-7,17H,8H2,(H2,13,16). The number of benzene rings is 1. The zero-order valence-corrected chi connectivity index (χ0v) is 9.52. The van der Waals surface area contributed by atoms with Crippen LogP contribution in [0.3, 0.4) is 0 Å². The molecule has 0 saturated carbocycles. The van der Waals surface area contributed by atoms with Crippen molar-refractivity contribution in [3.05, 3.63) is 54.0 Å². The van der Waals surface area contributed by atoms with Gasteiger partial charge >= 0.3 is 0 Å². The molecular weight excluding hydrogens is 232 g/mol. The first kappa shape index (κ1) is 11.8. The summed E-state index contributed by atoms with van der Waals surface area (Å²) in [6.07, 6.45) is 2.93. The van der Waals surface area contributed by atoms with Crippen molar-refractivity contribution < 1.29 is 9.94 Å². The Labute approximate surface area is 104 Å². The third kappa shape index (κ3) is 2.73. The van der Waals surface area contributed by atoms with E-state index in [9.17, 15) is 0 Å². The summed E-state index contributed by atoms with van der Waals surface area (Å²) in [5.74, 6) is 0.0998. The van der Waals surface area contributed by atoms with Crippen molar-refractivity contribution in [1.82, 2.24) is 9.97 Å². The molecule has 1 heterocycles. The molecule has 92 valence electrons. The van der Waals surface area contributed by atoms with Crippen molar-refractivity contribution in [2.24, 2.45) is 10.9 Å². The molecule has 0 radical (unpaired) electrons. The van der Waals surface area contributed by atoms with E-state index < -0.39 is 0 Å². The van der Waals surface area contributed by atoms with E-state index in [0.29, 0.717) is 6.61 Å². The number of aromatic nitrogens is 2. The normalized spacial score (nSPS) is 11.2. The van der Waals surface area contributed by atoms with E-state index in [1.54, 1.807) is 0 Å². The van der Waals surface area contributed by atoms with E-state index in [-0.39, 0.29) is 17.4 Å². The summed E-state index contributed by atoms with van der Waals surface area (Å²) in [6.45, 7) is 0.339. The van der Waals surface area contributed by atoms with Gasteiger partial charge in [-0.3, -0.25) is 0 Å². The maximum absolute atomic E-state index is 8.64. The fourth-order valence-corrected chi connectivity index (χ4v) is 1.38. The first-order valence-corrected chi connectivity index (χ1v) is 5.27. The lowest BCUT2D eigenvalue weighted by Crippen LogP contribution is -2.17. The van der Waals surface area contributed by atoms with Crippen LogP contribution < -0.4 is 10.5 Å². The number of amidine groups is 1. The van der Waals surface area contributed by atoms with Crippen LogP contribution in [0.25, 0.3) is 0 Å². The second-order valence-corrected chi connectivity index (χ2v) is 3.47. The highest BCUT2D eigenvalue weighted by Crippen LogP contribution is 2.13. The number of hydrogen-bond acceptors (Lipinski definition) is 5.